The monoisotopic (exact) mass is 441 g/mol. The molecule has 1 aromatic rings. The first kappa shape index (κ1) is 19.1. The van der Waals surface area contributed by atoms with Gasteiger partial charge >= 0.3 is 0 Å². The van der Waals surface area contributed by atoms with Crippen LogP contribution in [0.25, 0.3) is 0 Å². The van der Waals surface area contributed by atoms with E-state index in [0.717, 1.165) is 12.0 Å². The predicted molar refractivity (Wildman–Crippen MR) is 101 cm³/mol. The highest BCUT2D eigenvalue weighted by Crippen LogP contribution is 2.36. The van der Waals surface area contributed by atoms with Crippen molar-refractivity contribution >= 4 is 43.5 Å². The largest absolute Gasteiger partial charge is 0.338 e. The normalized spacial score (nSPS) is 20.0. The Kier molecular flexibility index (Phi) is 5.23. The Hall–Kier alpha value is -1.71. The van der Waals surface area contributed by atoms with E-state index in [1.807, 2.05) is 0 Å². The molecule has 0 aliphatic carbocycles. The van der Waals surface area contributed by atoms with Crippen LogP contribution in [-0.2, 0) is 26.0 Å². The summed E-state index contributed by atoms with van der Waals surface area (Å²) in [6.07, 6.45) is 3.35. The standard InChI is InChI=1S/C17H20BrN3O4S/c1-2-16(22)20-6-3-4-12(10-20)17(23)21-7-5-11-8-13(18)15(9-14(11)21)26(19,24)25/h2,8-9,12H,1,3-7,10H2,(H2,19,24,25). The molecular formula is C17H20BrN3O4S. The third kappa shape index (κ3) is 3.56. The molecule has 0 bridgehead atoms. The summed E-state index contributed by atoms with van der Waals surface area (Å²) in [5, 5.41) is 5.27. The van der Waals surface area contributed by atoms with Gasteiger partial charge in [-0.3, -0.25) is 9.59 Å². The summed E-state index contributed by atoms with van der Waals surface area (Å²) in [5.74, 6) is -0.571. The van der Waals surface area contributed by atoms with E-state index >= 15 is 0 Å². The molecule has 0 spiro atoms. The van der Waals surface area contributed by atoms with Crippen LogP contribution in [0.3, 0.4) is 0 Å². The van der Waals surface area contributed by atoms with E-state index in [-0.39, 0.29) is 22.6 Å². The van der Waals surface area contributed by atoms with Gasteiger partial charge in [-0.2, -0.15) is 0 Å². The number of carbonyl (C=O) groups excluding carboxylic acids is 2. The Morgan fingerprint density at radius 3 is 2.69 bits per heavy atom. The molecule has 2 amide bonds. The third-order valence-corrected chi connectivity index (χ3v) is 6.73. The van der Waals surface area contributed by atoms with E-state index in [1.165, 1.54) is 12.1 Å². The molecule has 9 heteroatoms. The van der Waals surface area contributed by atoms with Crippen molar-refractivity contribution in [1.82, 2.24) is 4.90 Å². The summed E-state index contributed by atoms with van der Waals surface area (Å²) in [5.41, 5.74) is 1.47. The second-order valence-electron chi connectivity index (χ2n) is 6.52. The maximum Gasteiger partial charge on any atom is 0.245 e. The number of nitrogens with zero attached hydrogens (tertiary/aromatic N) is 2. The van der Waals surface area contributed by atoms with Crippen LogP contribution < -0.4 is 10.0 Å². The van der Waals surface area contributed by atoms with E-state index < -0.39 is 10.0 Å². The van der Waals surface area contributed by atoms with Crippen molar-refractivity contribution in [3.05, 3.63) is 34.8 Å². The van der Waals surface area contributed by atoms with Crippen molar-refractivity contribution in [3.8, 4) is 0 Å². The lowest BCUT2D eigenvalue weighted by molar-refractivity contribution is -0.131. The zero-order valence-electron chi connectivity index (χ0n) is 14.2. The molecule has 1 saturated heterocycles. The third-order valence-electron chi connectivity index (χ3n) is 4.86. The van der Waals surface area contributed by atoms with E-state index in [4.69, 9.17) is 5.14 Å². The Morgan fingerprint density at radius 1 is 1.31 bits per heavy atom. The number of halogens is 1. The van der Waals surface area contributed by atoms with Gasteiger partial charge in [0.25, 0.3) is 0 Å². The summed E-state index contributed by atoms with van der Waals surface area (Å²) < 4.78 is 23.9. The topological polar surface area (TPSA) is 101 Å². The van der Waals surface area contributed by atoms with Gasteiger partial charge in [0.05, 0.1) is 10.8 Å². The number of hydrogen-bond acceptors (Lipinski definition) is 4. The van der Waals surface area contributed by atoms with Crippen molar-refractivity contribution in [1.29, 1.82) is 0 Å². The van der Waals surface area contributed by atoms with Gasteiger partial charge in [0.1, 0.15) is 0 Å². The minimum absolute atomic E-state index is 0.0388. The molecule has 1 fully saturated rings. The molecule has 1 aromatic carbocycles. The maximum absolute atomic E-state index is 13.0. The number of benzene rings is 1. The van der Waals surface area contributed by atoms with Crippen molar-refractivity contribution < 1.29 is 18.0 Å². The maximum atomic E-state index is 13.0. The first-order valence-corrected chi connectivity index (χ1v) is 10.6. The number of amides is 2. The van der Waals surface area contributed by atoms with Crippen LogP contribution in [0.15, 0.2) is 34.2 Å². The van der Waals surface area contributed by atoms with E-state index in [0.29, 0.717) is 42.6 Å². The van der Waals surface area contributed by atoms with Crippen molar-refractivity contribution in [2.75, 3.05) is 24.5 Å². The molecule has 0 radical (unpaired) electrons. The number of likely N-dealkylation sites (tertiary alicyclic amines) is 1. The number of carbonyl (C=O) groups is 2. The molecule has 2 aliphatic heterocycles. The first-order chi connectivity index (χ1) is 12.2. The van der Waals surface area contributed by atoms with Gasteiger partial charge in [-0.05, 0) is 59.0 Å². The SMILES string of the molecule is C=CC(=O)N1CCCC(C(=O)N2CCc3cc(Br)c(S(N)(=O)=O)cc32)C1. The van der Waals surface area contributed by atoms with Gasteiger partial charge in [-0.25, -0.2) is 13.6 Å². The number of sulfonamides is 1. The average Bonchev–Trinajstić information content (AvgIpc) is 3.01. The zero-order valence-corrected chi connectivity index (χ0v) is 16.6. The minimum atomic E-state index is -3.90. The molecule has 0 aromatic heterocycles. The molecular weight excluding hydrogens is 422 g/mol. The molecule has 3 rings (SSSR count). The lowest BCUT2D eigenvalue weighted by Crippen LogP contribution is -2.46. The number of nitrogens with two attached hydrogens (primary N) is 1. The number of fused-ring (bicyclic) bond motifs is 1. The second-order valence-corrected chi connectivity index (χ2v) is 8.91. The van der Waals surface area contributed by atoms with Gasteiger partial charge in [-0.15, -0.1) is 0 Å². The summed E-state index contributed by atoms with van der Waals surface area (Å²) in [7, 11) is -3.90. The number of hydrogen-bond donors (Lipinski definition) is 1. The lowest BCUT2D eigenvalue weighted by Gasteiger charge is -2.33. The summed E-state index contributed by atoms with van der Waals surface area (Å²) in [6, 6.07) is 3.16. The summed E-state index contributed by atoms with van der Waals surface area (Å²) in [4.78, 5) is 28.1. The minimum Gasteiger partial charge on any atom is -0.338 e. The summed E-state index contributed by atoms with van der Waals surface area (Å²) >= 11 is 3.23. The highest BCUT2D eigenvalue weighted by molar-refractivity contribution is 9.10. The van der Waals surface area contributed by atoms with Crippen LogP contribution in [0.4, 0.5) is 5.69 Å². The van der Waals surface area contributed by atoms with E-state index in [9.17, 15) is 18.0 Å². The lowest BCUT2D eigenvalue weighted by atomic mass is 9.96. The summed E-state index contributed by atoms with van der Waals surface area (Å²) in [6.45, 7) is 4.95. The zero-order chi connectivity index (χ0) is 19.1. The van der Waals surface area contributed by atoms with Gasteiger partial charge in [0.15, 0.2) is 0 Å². The molecule has 7 nitrogen and oxygen atoms in total. The van der Waals surface area contributed by atoms with Crippen molar-refractivity contribution in [2.24, 2.45) is 11.1 Å². The van der Waals surface area contributed by atoms with Crippen molar-refractivity contribution in [3.63, 3.8) is 0 Å². The highest BCUT2D eigenvalue weighted by atomic mass is 79.9. The van der Waals surface area contributed by atoms with Gasteiger partial charge in [-0.1, -0.05) is 6.58 Å². The number of primary sulfonamides is 1. The highest BCUT2D eigenvalue weighted by Gasteiger charge is 2.34. The van der Waals surface area contributed by atoms with Crippen LogP contribution in [0.1, 0.15) is 18.4 Å². The molecule has 2 heterocycles. The molecule has 2 aliphatic rings. The fourth-order valence-electron chi connectivity index (χ4n) is 3.56. The number of piperidine rings is 1. The first-order valence-electron chi connectivity index (χ1n) is 8.30. The smallest absolute Gasteiger partial charge is 0.245 e. The Balaban J connectivity index is 1.87. The number of rotatable bonds is 3. The van der Waals surface area contributed by atoms with Gasteiger partial charge < -0.3 is 9.80 Å². The van der Waals surface area contributed by atoms with Crippen LogP contribution >= 0.6 is 15.9 Å². The molecule has 26 heavy (non-hydrogen) atoms. The number of anilines is 1. The van der Waals surface area contributed by atoms with Crippen LogP contribution in [0, 0.1) is 5.92 Å². The fourth-order valence-corrected chi connectivity index (χ4v) is 5.24. The van der Waals surface area contributed by atoms with Crippen LogP contribution in [0.5, 0.6) is 0 Å². The Labute approximate surface area is 161 Å². The van der Waals surface area contributed by atoms with Crippen LogP contribution in [0.2, 0.25) is 0 Å². The van der Waals surface area contributed by atoms with E-state index in [2.05, 4.69) is 22.5 Å². The molecule has 1 atom stereocenters. The van der Waals surface area contributed by atoms with Crippen molar-refractivity contribution in [2.45, 2.75) is 24.2 Å². The quantitative estimate of drug-likeness (QED) is 0.716. The average molecular weight is 442 g/mol. The Bertz CT molecular complexity index is 884. The fraction of sp³-hybridized carbons (Fsp3) is 0.412. The van der Waals surface area contributed by atoms with Gasteiger partial charge in [0.2, 0.25) is 21.8 Å². The molecule has 2 N–H and O–H groups in total. The molecule has 1 unspecified atom stereocenters. The van der Waals surface area contributed by atoms with E-state index in [1.54, 1.807) is 15.9 Å². The predicted octanol–water partition coefficient (Wildman–Crippen LogP) is 1.41. The molecule has 140 valence electrons. The van der Waals surface area contributed by atoms with Gasteiger partial charge in [0, 0.05) is 29.8 Å². The Morgan fingerprint density at radius 2 is 2.04 bits per heavy atom. The second kappa shape index (κ2) is 7.13. The molecule has 0 saturated carbocycles. The van der Waals surface area contributed by atoms with Crippen LogP contribution in [-0.4, -0.2) is 44.8 Å².